The minimum Gasteiger partial charge on any atom is -0.497 e. The molecule has 1 N–H and O–H groups in total. The van der Waals surface area contributed by atoms with Crippen LogP contribution >= 0.6 is 0 Å². The van der Waals surface area contributed by atoms with Gasteiger partial charge in [-0.25, -0.2) is 9.97 Å². The van der Waals surface area contributed by atoms with Crippen molar-refractivity contribution in [2.45, 2.75) is 13.0 Å². The van der Waals surface area contributed by atoms with Gasteiger partial charge in [-0.1, -0.05) is 12.1 Å². The lowest BCUT2D eigenvalue weighted by atomic mass is 10.1. The summed E-state index contributed by atoms with van der Waals surface area (Å²) >= 11 is 0. The monoisotopic (exact) mass is 377 g/mol. The zero-order valence-corrected chi connectivity index (χ0v) is 16.2. The Labute approximate surface area is 164 Å². The predicted octanol–water partition coefficient (Wildman–Crippen LogP) is 2.47. The molecule has 1 aromatic carbocycles. The van der Waals surface area contributed by atoms with Gasteiger partial charge in [-0.15, -0.1) is 0 Å². The molecule has 0 bridgehead atoms. The highest BCUT2D eigenvalue weighted by Crippen LogP contribution is 2.18. The highest BCUT2D eigenvalue weighted by molar-refractivity contribution is 5.78. The van der Waals surface area contributed by atoms with Crippen LogP contribution in [0.15, 0.2) is 54.9 Å². The molecule has 0 aliphatic rings. The molecule has 0 radical (unpaired) electrons. The number of pyridine rings is 1. The van der Waals surface area contributed by atoms with Gasteiger partial charge in [0.1, 0.15) is 11.6 Å². The first-order valence-electron chi connectivity index (χ1n) is 8.90. The van der Waals surface area contributed by atoms with E-state index in [1.807, 2.05) is 61.5 Å². The van der Waals surface area contributed by atoms with Crippen LogP contribution in [0.25, 0.3) is 11.4 Å². The van der Waals surface area contributed by atoms with Gasteiger partial charge in [0.2, 0.25) is 5.91 Å². The van der Waals surface area contributed by atoms with Gasteiger partial charge in [-0.3, -0.25) is 9.78 Å². The van der Waals surface area contributed by atoms with Crippen molar-refractivity contribution >= 4 is 11.7 Å². The summed E-state index contributed by atoms with van der Waals surface area (Å²) in [5, 5.41) is 2.93. The van der Waals surface area contributed by atoms with E-state index in [9.17, 15) is 4.79 Å². The number of rotatable bonds is 7. The number of aromatic nitrogens is 3. The fourth-order valence-electron chi connectivity index (χ4n) is 2.61. The number of carbonyl (C=O) groups is 1. The molecular formula is C21H23N5O2. The molecule has 2 aromatic heterocycles. The van der Waals surface area contributed by atoms with Crippen LogP contribution in [0.3, 0.4) is 0 Å². The fraction of sp³-hybridized carbons (Fsp3) is 0.238. The maximum atomic E-state index is 12.3. The van der Waals surface area contributed by atoms with Crippen molar-refractivity contribution in [2.24, 2.45) is 0 Å². The molecule has 144 valence electrons. The summed E-state index contributed by atoms with van der Waals surface area (Å²) in [7, 11) is 5.45. The Kier molecular flexibility index (Phi) is 6.16. The standard InChI is InChI=1S/C21H23N5O2/c1-26(2)19-12-17(24-21(25-19)16-5-4-10-22-13-16)14-23-20(27)11-15-6-8-18(28-3)9-7-15/h4-10,12-13H,11,14H2,1-3H3,(H,23,27). The number of methoxy groups -OCH3 is 1. The van der Waals surface area contributed by atoms with E-state index in [1.165, 1.54) is 0 Å². The number of amides is 1. The van der Waals surface area contributed by atoms with E-state index in [2.05, 4.69) is 20.3 Å². The Balaban J connectivity index is 1.70. The second kappa shape index (κ2) is 8.94. The van der Waals surface area contributed by atoms with Crippen molar-refractivity contribution < 1.29 is 9.53 Å². The summed E-state index contributed by atoms with van der Waals surface area (Å²) in [4.78, 5) is 27.5. The number of benzene rings is 1. The number of ether oxygens (including phenoxy) is 1. The summed E-state index contributed by atoms with van der Waals surface area (Å²) in [6.45, 7) is 0.325. The molecule has 3 rings (SSSR count). The van der Waals surface area contributed by atoms with Crippen LogP contribution < -0.4 is 15.0 Å². The maximum absolute atomic E-state index is 12.3. The molecular weight excluding hydrogens is 354 g/mol. The highest BCUT2D eigenvalue weighted by atomic mass is 16.5. The molecule has 7 heteroatoms. The first-order valence-corrected chi connectivity index (χ1v) is 8.90. The van der Waals surface area contributed by atoms with Gasteiger partial charge in [0, 0.05) is 38.1 Å². The maximum Gasteiger partial charge on any atom is 0.224 e. The number of hydrogen-bond acceptors (Lipinski definition) is 6. The fourth-order valence-corrected chi connectivity index (χ4v) is 2.61. The van der Waals surface area contributed by atoms with Gasteiger partial charge in [0.15, 0.2) is 5.82 Å². The molecule has 0 aliphatic heterocycles. The van der Waals surface area contributed by atoms with Crippen molar-refractivity contribution in [3.8, 4) is 17.1 Å². The van der Waals surface area contributed by atoms with Gasteiger partial charge < -0.3 is 15.0 Å². The quantitative estimate of drug-likeness (QED) is 0.681. The summed E-state index contributed by atoms with van der Waals surface area (Å²) in [6.07, 6.45) is 3.73. The van der Waals surface area contributed by atoms with E-state index >= 15 is 0 Å². The molecule has 0 fully saturated rings. The topological polar surface area (TPSA) is 80.2 Å². The first kappa shape index (κ1) is 19.3. The van der Waals surface area contributed by atoms with Gasteiger partial charge in [-0.05, 0) is 29.8 Å². The Morgan fingerprint density at radius 1 is 1.14 bits per heavy atom. The van der Waals surface area contributed by atoms with Gasteiger partial charge in [0.25, 0.3) is 0 Å². The summed E-state index contributed by atoms with van der Waals surface area (Å²) in [5.41, 5.74) is 2.49. The van der Waals surface area contributed by atoms with Crippen LogP contribution in [-0.4, -0.2) is 42.1 Å². The Bertz CT molecular complexity index is 927. The lowest BCUT2D eigenvalue weighted by Gasteiger charge is -2.14. The van der Waals surface area contributed by atoms with Crippen LogP contribution in [0.1, 0.15) is 11.3 Å². The molecule has 2 heterocycles. The average Bonchev–Trinajstić information content (AvgIpc) is 2.73. The van der Waals surface area contributed by atoms with E-state index in [0.29, 0.717) is 18.8 Å². The zero-order chi connectivity index (χ0) is 19.9. The third-order valence-corrected chi connectivity index (χ3v) is 4.13. The minimum atomic E-state index is -0.0712. The summed E-state index contributed by atoms with van der Waals surface area (Å²) in [5.74, 6) is 2.05. The Morgan fingerprint density at radius 3 is 2.57 bits per heavy atom. The molecule has 0 unspecified atom stereocenters. The highest BCUT2D eigenvalue weighted by Gasteiger charge is 2.10. The van der Waals surface area contributed by atoms with Crippen molar-refractivity contribution in [1.29, 1.82) is 0 Å². The van der Waals surface area contributed by atoms with Crippen LogP contribution in [0.2, 0.25) is 0 Å². The lowest BCUT2D eigenvalue weighted by Crippen LogP contribution is -2.25. The first-order chi connectivity index (χ1) is 13.5. The molecule has 28 heavy (non-hydrogen) atoms. The van der Waals surface area contributed by atoms with Crippen molar-refractivity contribution in [3.63, 3.8) is 0 Å². The average molecular weight is 377 g/mol. The minimum absolute atomic E-state index is 0.0712. The zero-order valence-electron chi connectivity index (χ0n) is 16.2. The number of hydrogen-bond donors (Lipinski definition) is 1. The number of nitrogens with zero attached hydrogens (tertiary/aromatic N) is 4. The molecule has 0 atom stereocenters. The van der Waals surface area contributed by atoms with E-state index < -0.39 is 0 Å². The summed E-state index contributed by atoms with van der Waals surface area (Å²) < 4.78 is 5.13. The molecule has 0 aliphatic carbocycles. The van der Waals surface area contributed by atoms with Gasteiger partial charge in [0.05, 0.1) is 25.8 Å². The molecule has 7 nitrogen and oxygen atoms in total. The van der Waals surface area contributed by atoms with Gasteiger partial charge >= 0.3 is 0 Å². The predicted molar refractivity (Wildman–Crippen MR) is 108 cm³/mol. The molecule has 0 saturated heterocycles. The largest absolute Gasteiger partial charge is 0.497 e. The number of nitrogens with one attached hydrogen (secondary N) is 1. The second-order valence-corrected chi connectivity index (χ2v) is 6.48. The number of carbonyl (C=O) groups excluding carboxylic acids is 1. The number of anilines is 1. The molecule has 0 spiro atoms. The van der Waals surface area contributed by atoms with E-state index in [0.717, 1.165) is 28.4 Å². The Hall–Kier alpha value is -3.48. The van der Waals surface area contributed by atoms with Crippen LogP contribution in [0, 0.1) is 0 Å². The summed E-state index contributed by atoms with van der Waals surface area (Å²) in [6, 6.07) is 13.1. The normalized spacial score (nSPS) is 10.4. The molecule has 1 amide bonds. The van der Waals surface area contributed by atoms with Gasteiger partial charge in [-0.2, -0.15) is 0 Å². The third-order valence-electron chi connectivity index (χ3n) is 4.13. The van der Waals surface area contributed by atoms with E-state index in [4.69, 9.17) is 4.74 Å². The second-order valence-electron chi connectivity index (χ2n) is 6.48. The SMILES string of the molecule is COc1ccc(CC(=O)NCc2cc(N(C)C)nc(-c3cccnc3)n2)cc1. The lowest BCUT2D eigenvalue weighted by molar-refractivity contribution is -0.120. The van der Waals surface area contributed by atoms with Crippen molar-refractivity contribution in [2.75, 3.05) is 26.1 Å². The smallest absolute Gasteiger partial charge is 0.224 e. The van der Waals surface area contributed by atoms with Crippen LogP contribution in [0.4, 0.5) is 5.82 Å². The van der Waals surface area contributed by atoms with E-state index in [-0.39, 0.29) is 5.91 Å². The van der Waals surface area contributed by atoms with Crippen LogP contribution in [0.5, 0.6) is 5.75 Å². The molecule has 0 saturated carbocycles. The van der Waals surface area contributed by atoms with Crippen molar-refractivity contribution in [1.82, 2.24) is 20.3 Å². The molecule has 3 aromatic rings. The van der Waals surface area contributed by atoms with E-state index in [1.54, 1.807) is 19.5 Å². The van der Waals surface area contributed by atoms with Crippen LogP contribution in [-0.2, 0) is 17.8 Å². The Morgan fingerprint density at radius 2 is 1.93 bits per heavy atom. The third kappa shape index (κ3) is 5.03. The van der Waals surface area contributed by atoms with Crippen molar-refractivity contribution in [3.05, 3.63) is 66.1 Å².